The quantitative estimate of drug-likeness (QED) is 0.280. The van der Waals surface area contributed by atoms with E-state index in [9.17, 15) is 23.6 Å². The molecule has 0 aliphatic carbocycles. The fraction of sp³-hybridized carbons (Fsp3) is 0.120. The van der Waals surface area contributed by atoms with E-state index in [4.69, 9.17) is 9.15 Å². The highest BCUT2D eigenvalue weighted by atomic mass is 19.1. The standard InChI is InChI=1S/C25H20FN3O7/c1-34-24(32)21-11-10-19(36-21)13-29-23(31)20(28-25(29)33)12-15-2-8-18(9-3-15)35-14-22(30)27-17-6-4-16(26)5-7-17/h2-12H,13-14H2,1H3,(H,27,30)(H,28,33)/b20-12-. The molecule has 1 aromatic heterocycles. The van der Waals surface area contributed by atoms with Crippen molar-refractivity contribution in [2.75, 3.05) is 19.0 Å². The lowest BCUT2D eigenvalue weighted by molar-refractivity contribution is -0.123. The number of halogens is 1. The Bertz CT molecular complexity index is 1330. The number of carbonyl (C=O) groups excluding carboxylic acids is 4. The van der Waals surface area contributed by atoms with Crippen molar-refractivity contribution in [2.24, 2.45) is 0 Å². The summed E-state index contributed by atoms with van der Waals surface area (Å²) in [4.78, 5) is 49.4. The van der Waals surface area contributed by atoms with Crippen LogP contribution in [0.15, 0.2) is 70.8 Å². The Morgan fingerprint density at radius 1 is 1.06 bits per heavy atom. The van der Waals surface area contributed by atoms with Crippen LogP contribution in [-0.2, 0) is 20.9 Å². The monoisotopic (exact) mass is 493 g/mol. The lowest BCUT2D eigenvalue weighted by Crippen LogP contribution is -2.30. The van der Waals surface area contributed by atoms with Crippen molar-refractivity contribution >= 4 is 35.6 Å². The Morgan fingerprint density at radius 3 is 2.47 bits per heavy atom. The molecule has 2 N–H and O–H groups in total. The summed E-state index contributed by atoms with van der Waals surface area (Å²) in [5, 5.41) is 5.09. The first-order valence-corrected chi connectivity index (χ1v) is 10.6. The van der Waals surface area contributed by atoms with Crippen molar-refractivity contribution in [2.45, 2.75) is 6.54 Å². The van der Waals surface area contributed by atoms with E-state index < -0.39 is 29.6 Å². The molecule has 36 heavy (non-hydrogen) atoms. The normalized spacial score (nSPS) is 14.1. The molecule has 0 atom stereocenters. The highest BCUT2D eigenvalue weighted by Gasteiger charge is 2.34. The number of rotatable bonds is 8. The van der Waals surface area contributed by atoms with Crippen molar-refractivity contribution in [3.05, 3.63) is 89.3 Å². The predicted octanol–water partition coefficient (Wildman–Crippen LogP) is 3.32. The van der Waals surface area contributed by atoms with Crippen molar-refractivity contribution < 1.29 is 37.5 Å². The molecule has 11 heteroatoms. The van der Waals surface area contributed by atoms with Crippen LogP contribution in [0.5, 0.6) is 5.75 Å². The van der Waals surface area contributed by atoms with Gasteiger partial charge < -0.3 is 24.5 Å². The molecule has 2 heterocycles. The van der Waals surface area contributed by atoms with Gasteiger partial charge in [0, 0.05) is 5.69 Å². The number of furan rings is 1. The highest BCUT2D eigenvalue weighted by molar-refractivity contribution is 6.13. The Kier molecular flexibility index (Phi) is 7.10. The number of benzene rings is 2. The molecule has 184 valence electrons. The molecule has 4 rings (SSSR count). The zero-order chi connectivity index (χ0) is 25.7. The van der Waals surface area contributed by atoms with E-state index in [-0.39, 0.29) is 30.4 Å². The van der Waals surface area contributed by atoms with Gasteiger partial charge >= 0.3 is 12.0 Å². The summed E-state index contributed by atoms with van der Waals surface area (Å²) in [5.74, 6) is -1.43. The van der Waals surface area contributed by atoms with E-state index >= 15 is 0 Å². The first-order valence-electron chi connectivity index (χ1n) is 10.6. The van der Waals surface area contributed by atoms with E-state index in [0.717, 1.165) is 4.90 Å². The predicted molar refractivity (Wildman–Crippen MR) is 124 cm³/mol. The van der Waals surface area contributed by atoms with E-state index in [1.807, 2.05) is 0 Å². The van der Waals surface area contributed by atoms with Crippen molar-refractivity contribution in [3.63, 3.8) is 0 Å². The molecule has 0 bridgehead atoms. The lowest BCUT2D eigenvalue weighted by Gasteiger charge is -2.09. The second-order valence-electron chi connectivity index (χ2n) is 7.55. The van der Waals surface area contributed by atoms with Gasteiger partial charge in [-0.2, -0.15) is 0 Å². The zero-order valence-electron chi connectivity index (χ0n) is 18.9. The molecule has 10 nitrogen and oxygen atoms in total. The summed E-state index contributed by atoms with van der Waals surface area (Å²) >= 11 is 0. The number of methoxy groups -OCH3 is 1. The van der Waals surface area contributed by atoms with Crippen molar-refractivity contribution in [3.8, 4) is 5.75 Å². The average molecular weight is 493 g/mol. The Hall–Kier alpha value is -4.93. The molecule has 1 fully saturated rings. The van der Waals surface area contributed by atoms with E-state index in [1.165, 1.54) is 49.6 Å². The number of urea groups is 1. The van der Waals surface area contributed by atoms with Gasteiger partial charge in [-0.1, -0.05) is 12.1 Å². The minimum absolute atomic E-state index is 0.0365. The maximum atomic E-state index is 12.9. The number of ether oxygens (including phenoxy) is 2. The summed E-state index contributed by atoms with van der Waals surface area (Å²) < 4.78 is 28.3. The zero-order valence-corrected chi connectivity index (χ0v) is 18.9. The van der Waals surface area contributed by atoms with Gasteiger partial charge in [0.15, 0.2) is 6.61 Å². The fourth-order valence-electron chi connectivity index (χ4n) is 3.25. The summed E-state index contributed by atoms with van der Waals surface area (Å²) in [6, 6.07) is 14.1. The SMILES string of the molecule is COC(=O)c1ccc(CN2C(=O)N/C(=C\c3ccc(OCC(=O)Nc4ccc(F)cc4)cc3)C2=O)o1. The van der Waals surface area contributed by atoms with Crippen LogP contribution in [0.3, 0.4) is 0 Å². The van der Waals surface area contributed by atoms with Crippen LogP contribution >= 0.6 is 0 Å². The van der Waals surface area contributed by atoms with Gasteiger partial charge in [0.2, 0.25) is 5.76 Å². The molecule has 0 saturated carbocycles. The van der Waals surface area contributed by atoms with Gasteiger partial charge in [-0.3, -0.25) is 14.5 Å². The van der Waals surface area contributed by atoms with E-state index in [2.05, 4.69) is 15.4 Å². The van der Waals surface area contributed by atoms with Crippen molar-refractivity contribution in [1.29, 1.82) is 0 Å². The molecule has 0 radical (unpaired) electrons. The maximum Gasteiger partial charge on any atom is 0.373 e. The molecule has 0 unspecified atom stereocenters. The molecular formula is C25H20FN3O7. The van der Waals surface area contributed by atoms with Crippen LogP contribution < -0.4 is 15.4 Å². The Labute approximate surface area is 204 Å². The summed E-state index contributed by atoms with van der Waals surface area (Å²) in [6.45, 7) is -0.419. The third-order valence-electron chi connectivity index (χ3n) is 5.01. The van der Waals surface area contributed by atoms with Crippen LogP contribution in [0, 0.1) is 5.82 Å². The van der Waals surface area contributed by atoms with E-state index in [0.29, 0.717) is 17.0 Å². The third kappa shape index (κ3) is 5.76. The minimum atomic E-state index is -0.667. The van der Waals surface area contributed by atoms with E-state index in [1.54, 1.807) is 24.3 Å². The lowest BCUT2D eigenvalue weighted by atomic mass is 10.2. The van der Waals surface area contributed by atoms with Crippen LogP contribution in [0.2, 0.25) is 0 Å². The Morgan fingerprint density at radius 2 is 1.78 bits per heavy atom. The Balaban J connectivity index is 1.33. The maximum absolute atomic E-state index is 12.9. The molecule has 3 aromatic rings. The second-order valence-corrected chi connectivity index (χ2v) is 7.55. The number of hydrogen-bond donors (Lipinski definition) is 2. The molecule has 1 aliphatic rings. The van der Waals surface area contributed by atoms with Gasteiger partial charge in [0.25, 0.3) is 11.8 Å². The molecule has 2 aromatic carbocycles. The third-order valence-corrected chi connectivity index (χ3v) is 5.01. The molecular weight excluding hydrogens is 473 g/mol. The number of amides is 4. The number of carbonyl (C=O) groups is 4. The number of anilines is 1. The van der Waals surface area contributed by atoms with Crippen LogP contribution in [0.4, 0.5) is 14.9 Å². The number of nitrogens with zero attached hydrogens (tertiary/aromatic N) is 1. The van der Waals surface area contributed by atoms with Gasteiger partial charge in [0.1, 0.15) is 23.0 Å². The number of hydrogen-bond acceptors (Lipinski definition) is 7. The topological polar surface area (TPSA) is 127 Å². The molecule has 1 saturated heterocycles. The first kappa shape index (κ1) is 24.2. The number of esters is 1. The minimum Gasteiger partial charge on any atom is -0.484 e. The van der Waals surface area contributed by atoms with Gasteiger partial charge in [-0.25, -0.2) is 14.0 Å². The van der Waals surface area contributed by atoms with Crippen LogP contribution in [-0.4, -0.2) is 42.4 Å². The number of nitrogens with one attached hydrogen (secondary N) is 2. The van der Waals surface area contributed by atoms with Gasteiger partial charge in [-0.05, 0) is 60.2 Å². The van der Waals surface area contributed by atoms with Gasteiger partial charge in [0.05, 0.1) is 13.7 Å². The van der Waals surface area contributed by atoms with Crippen LogP contribution in [0.1, 0.15) is 21.9 Å². The average Bonchev–Trinajstić information content (AvgIpc) is 3.45. The van der Waals surface area contributed by atoms with Gasteiger partial charge in [-0.15, -0.1) is 0 Å². The summed E-state index contributed by atoms with van der Waals surface area (Å²) in [6.07, 6.45) is 1.49. The summed E-state index contributed by atoms with van der Waals surface area (Å²) in [5.41, 5.74) is 1.11. The molecule has 0 spiro atoms. The molecule has 4 amide bonds. The van der Waals surface area contributed by atoms with Crippen molar-refractivity contribution in [1.82, 2.24) is 10.2 Å². The summed E-state index contributed by atoms with van der Waals surface area (Å²) in [7, 11) is 1.21. The second kappa shape index (κ2) is 10.6. The first-order chi connectivity index (χ1) is 17.3. The highest BCUT2D eigenvalue weighted by Crippen LogP contribution is 2.20. The molecule has 1 aliphatic heterocycles. The number of imide groups is 1. The van der Waals surface area contributed by atoms with Crippen LogP contribution in [0.25, 0.3) is 6.08 Å². The smallest absolute Gasteiger partial charge is 0.373 e. The largest absolute Gasteiger partial charge is 0.484 e. The fourth-order valence-corrected chi connectivity index (χ4v) is 3.25.